The van der Waals surface area contributed by atoms with E-state index in [1.807, 2.05) is 4.90 Å². The molecule has 0 aromatic rings. The number of carbonyl (C=O) groups is 1. The Morgan fingerprint density at radius 1 is 1.21 bits per heavy atom. The molecule has 0 aromatic carbocycles. The number of ether oxygens (including phenoxy) is 1. The van der Waals surface area contributed by atoms with Crippen LogP contribution in [0.5, 0.6) is 0 Å². The van der Waals surface area contributed by atoms with Crippen molar-refractivity contribution in [2.75, 3.05) is 52.9 Å². The fourth-order valence-corrected chi connectivity index (χ4v) is 2.76. The summed E-state index contributed by atoms with van der Waals surface area (Å²) in [4.78, 5) is 16.3. The zero-order valence-corrected chi connectivity index (χ0v) is 12.1. The van der Waals surface area contributed by atoms with Crippen molar-refractivity contribution in [2.45, 2.75) is 31.8 Å². The zero-order chi connectivity index (χ0) is 13.5. The van der Waals surface area contributed by atoms with E-state index in [9.17, 15) is 4.79 Å². The van der Waals surface area contributed by atoms with Crippen LogP contribution in [0.25, 0.3) is 0 Å². The highest BCUT2D eigenvalue weighted by molar-refractivity contribution is 5.78. The Bertz CT molecular complexity index is 278. The van der Waals surface area contributed by atoms with Crippen LogP contribution in [-0.2, 0) is 9.53 Å². The van der Waals surface area contributed by atoms with Gasteiger partial charge in [-0.05, 0) is 19.9 Å². The second kappa shape index (κ2) is 7.82. The predicted octanol–water partition coefficient (Wildman–Crippen LogP) is 0.309. The highest BCUT2D eigenvalue weighted by atomic mass is 16.5. The van der Waals surface area contributed by atoms with Crippen molar-refractivity contribution >= 4 is 5.91 Å². The number of likely N-dealkylation sites (N-methyl/N-ethyl adjacent to an activating group) is 1. The van der Waals surface area contributed by atoms with Crippen LogP contribution in [0.2, 0.25) is 0 Å². The number of hydrogen-bond donors (Lipinski definition) is 1. The molecule has 2 aliphatic rings. The molecule has 1 atom stereocenters. The van der Waals surface area contributed by atoms with Gasteiger partial charge in [0, 0.05) is 32.7 Å². The first-order valence-electron chi connectivity index (χ1n) is 7.54. The fraction of sp³-hybridized carbons (Fsp3) is 0.929. The lowest BCUT2D eigenvalue weighted by Gasteiger charge is -2.30. The number of rotatable bonds is 4. The van der Waals surface area contributed by atoms with Crippen molar-refractivity contribution in [3.05, 3.63) is 0 Å². The maximum absolute atomic E-state index is 12.1. The van der Waals surface area contributed by atoms with Crippen molar-refractivity contribution < 1.29 is 9.53 Å². The number of carbonyl (C=O) groups excluding carboxylic acids is 1. The molecule has 0 spiro atoms. The Balaban J connectivity index is 1.62. The van der Waals surface area contributed by atoms with Crippen LogP contribution in [0.4, 0.5) is 0 Å². The van der Waals surface area contributed by atoms with Gasteiger partial charge in [0.15, 0.2) is 0 Å². The van der Waals surface area contributed by atoms with E-state index >= 15 is 0 Å². The van der Waals surface area contributed by atoms with E-state index in [1.165, 1.54) is 12.8 Å². The van der Waals surface area contributed by atoms with E-state index in [0.29, 0.717) is 6.54 Å². The average Bonchev–Trinajstić information content (AvgIpc) is 2.67. The third-order valence-corrected chi connectivity index (χ3v) is 3.95. The molecule has 0 aliphatic carbocycles. The summed E-state index contributed by atoms with van der Waals surface area (Å²) in [7, 11) is 2.11. The van der Waals surface area contributed by atoms with E-state index in [-0.39, 0.29) is 12.0 Å². The molecular formula is C14H27N3O2. The molecule has 2 heterocycles. The molecule has 0 saturated carbocycles. The molecule has 1 amide bonds. The number of likely N-dealkylation sites (tertiary alicyclic amines) is 1. The largest absolute Gasteiger partial charge is 0.374 e. The standard InChI is InChI=1S/C14H27N3O2/c1-16-8-9-19-13(12-16)10-15-11-14(18)17-6-4-2-3-5-7-17/h13,15H,2-12H2,1H3. The zero-order valence-electron chi connectivity index (χ0n) is 12.1. The lowest BCUT2D eigenvalue weighted by atomic mass is 10.2. The quantitative estimate of drug-likeness (QED) is 0.798. The third-order valence-electron chi connectivity index (χ3n) is 3.95. The number of nitrogens with zero attached hydrogens (tertiary/aromatic N) is 2. The van der Waals surface area contributed by atoms with Crippen molar-refractivity contribution in [1.29, 1.82) is 0 Å². The van der Waals surface area contributed by atoms with Crippen LogP contribution in [0, 0.1) is 0 Å². The Hall–Kier alpha value is -0.650. The Morgan fingerprint density at radius 2 is 1.95 bits per heavy atom. The second-order valence-electron chi connectivity index (χ2n) is 5.68. The molecule has 0 bridgehead atoms. The van der Waals surface area contributed by atoms with Crippen molar-refractivity contribution in [3.8, 4) is 0 Å². The van der Waals surface area contributed by atoms with Gasteiger partial charge >= 0.3 is 0 Å². The molecule has 1 N–H and O–H groups in total. The first-order chi connectivity index (χ1) is 9.25. The molecule has 1 unspecified atom stereocenters. The topological polar surface area (TPSA) is 44.8 Å². The monoisotopic (exact) mass is 269 g/mol. The molecule has 2 rings (SSSR count). The van der Waals surface area contributed by atoms with Crippen molar-refractivity contribution in [2.24, 2.45) is 0 Å². The average molecular weight is 269 g/mol. The lowest BCUT2D eigenvalue weighted by Crippen LogP contribution is -2.47. The Kier molecular flexibility index (Phi) is 6.07. The van der Waals surface area contributed by atoms with E-state index < -0.39 is 0 Å². The molecule has 0 radical (unpaired) electrons. The van der Waals surface area contributed by atoms with Gasteiger partial charge < -0.3 is 19.9 Å². The highest BCUT2D eigenvalue weighted by Gasteiger charge is 2.19. The van der Waals surface area contributed by atoms with Crippen molar-refractivity contribution in [1.82, 2.24) is 15.1 Å². The first kappa shape index (κ1) is 14.8. The summed E-state index contributed by atoms with van der Waals surface area (Å²) in [6.45, 7) is 5.83. The molecule has 5 heteroatoms. The summed E-state index contributed by atoms with van der Waals surface area (Å²) >= 11 is 0. The molecule has 19 heavy (non-hydrogen) atoms. The van der Waals surface area contributed by atoms with Crippen LogP contribution in [0.3, 0.4) is 0 Å². The molecule has 2 fully saturated rings. The second-order valence-corrected chi connectivity index (χ2v) is 5.68. The van der Waals surface area contributed by atoms with Gasteiger partial charge in [-0.15, -0.1) is 0 Å². The summed E-state index contributed by atoms with van der Waals surface area (Å²) in [6, 6.07) is 0. The van der Waals surface area contributed by atoms with Crippen LogP contribution in [-0.4, -0.2) is 74.7 Å². The van der Waals surface area contributed by atoms with Crippen LogP contribution < -0.4 is 5.32 Å². The van der Waals surface area contributed by atoms with Gasteiger partial charge in [0.05, 0.1) is 19.3 Å². The van der Waals surface area contributed by atoms with E-state index in [4.69, 9.17) is 4.74 Å². The lowest BCUT2D eigenvalue weighted by molar-refractivity contribution is -0.130. The van der Waals surface area contributed by atoms with Crippen LogP contribution >= 0.6 is 0 Å². The maximum atomic E-state index is 12.1. The van der Waals surface area contributed by atoms with E-state index in [2.05, 4.69) is 17.3 Å². The van der Waals surface area contributed by atoms with E-state index in [0.717, 1.165) is 52.2 Å². The molecule has 2 saturated heterocycles. The maximum Gasteiger partial charge on any atom is 0.236 e. The minimum atomic E-state index is 0.218. The summed E-state index contributed by atoms with van der Waals surface area (Å²) in [5.41, 5.74) is 0. The number of morpholine rings is 1. The minimum Gasteiger partial charge on any atom is -0.374 e. The number of hydrogen-bond acceptors (Lipinski definition) is 4. The normalized spacial score (nSPS) is 26.2. The van der Waals surface area contributed by atoms with Gasteiger partial charge in [0.25, 0.3) is 0 Å². The predicted molar refractivity (Wildman–Crippen MR) is 75.2 cm³/mol. The summed E-state index contributed by atoms with van der Waals surface area (Å²) in [5.74, 6) is 0.242. The Labute approximate surface area is 116 Å². The van der Waals surface area contributed by atoms with Gasteiger partial charge in [0.2, 0.25) is 5.91 Å². The number of nitrogens with one attached hydrogen (secondary N) is 1. The molecular weight excluding hydrogens is 242 g/mol. The van der Waals surface area contributed by atoms with Gasteiger partial charge in [0.1, 0.15) is 0 Å². The summed E-state index contributed by atoms with van der Waals surface area (Å²) < 4.78 is 5.67. The fourth-order valence-electron chi connectivity index (χ4n) is 2.76. The summed E-state index contributed by atoms with van der Waals surface area (Å²) in [6.07, 6.45) is 5.05. The van der Waals surface area contributed by atoms with Gasteiger partial charge in [-0.2, -0.15) is 0 Å². The highest BCUT2D eigenvalue weighted by Crippen LogP contribution is 2.09. The SMILES string of the molecule is CN1CCOC(CNCC(=O)N2CCCCCC2)C1. The Morgan fingerprint density at radius 3 is 2.63 bits per heavy atom. The third kappa shape index (κ3) is 5.09. The number of amides is 1. The summed E-state index contributed by atoms with van der Waals surface area (Å²) in [5, 5.41) is 3.25. The molecule has 2 aliphatic heterocycles. The van der Waals surface area contributed by atoms with Gasteiger partial charge in [-0.25, -0.2) is 0 Å². The van der Waals surface area contributed by atoms with Gasteiger partial charge in [-0.1, -0.05) is 12.8 Å². The molecule has 0 aromatic heterocycles. The van der Waals surface area contributed by atoms with E-state index in [1.54, 1.807) is 0 Å². The smallest absolute Gasteiger partial charge is 0.236 e. The molecule has 110 valence electrons. The van der Waals surface area contributed by atoms with Crippen LogP contribution in [0.15, 0.2) is 0 Å². The van der Waals surface area contributed by atoms with Crippen LogP contribution in [0.1, 0.15) is 25.7 Å². The van der Waals surface area contributed by atoms with Gasteiger partial charge in [-0.3, -0.25) is 4.79 Å². The first-order valence-corrected chi connectivity index (χ1v) is 7.54. The van der Waals surface area contributed by atoms with Crippen molar-refractivity contribution in [3.63, 3.8) is 0 Å². The molecule has 5 nitrogen and oxygen atoms in total. The minimum absolute atomic E-state index is 0.218.